The lowest BCUT2D eigenvalue weighted by molar-refractivity contribution is -0.122. The van der Waals surface area contributed by atoms with Crippen LogP contribution >= 0.6 is 0 Å². The molecule has 0 unspecified atom stereocenters. The Bertz CT molecular complexity index is 323. The SMILES string of the molecule is C[C@@H](N)C(=O)N[C@H]1CCN(C(=O)OC(C)(C)C)C1. The van der Waals surface area contributed by atoms with Crippen molar-refractivity contribution in [3.63, 3.8) is 0 Å². The minimum Gasteiger partial charge on any atom is -0.444 e. The van der Waals surface area contributed by atoms with Crippen molar-refractivity contribution < 1.29 is 14.3 Å². The highest BCUT2D eigenvalue weighted by atomic mass is 16.6. The summed E-state index contributed by atoms with van der Waals surface area (Å²) in [5.41, 5.74) is 4.98. The molecule has 104 valence electrons. The quantitative estimate of drug-likeness (QED) is 0.752. The summed E-state index contributed by atoms with van der Waals surface area (Å²) in [7, 11) is 0. The third-order valence-electron chi connectivity index (χ3n) is 2.60. The first-order chi connectivity index (χ1) is 8.19. The predicted molar refractivity (Wildman–Crippen MR) is 68.0 cm³/mol. The van der Waals surface area contributed by atoms with E-state index in [-0.39, 0.29) is 18.0 Å². The summed E-state index contributed by atoms with van der Waals surface area (Å²) in [6.07, 6.45) is 0.401. The summed E-state index contributed by atoms with van der Waals surface area (Å²) in [5.74, 6) is -0.189. The zero-order chi connectivity index (χ0) is 13.9. The molecule has 2 amide bonds. The molecular weight excluding hydrogens is 234 g/mol. The van der Waals surface area contributed by atoms with Crippen molar-refractivity contribution in [3.05, 3.63) is 0 Å². The predicted octanol–water partition coefficient (Wildman–Crippen LogP) is 0.459. The van der Waals surface area contributed by atoms with Crippen molar-refractivity contribution in [2.24, 2.45) is 5.73 Å². The van der Waals surface area contributed by atoms with Crippen LogP contribution in [0.15, 0.2) is 0 Å². The molecule has 0 bridgehead atoms. The van der Waals surface area contributed by atoms with E-state index in [4.69, 9.17) is 10.5 Å². The van der Waals surface area contributed by atoms with E-state index in [2.05, 4.69) is 5.32 Å². The number of carbonyl (C=O) groups excluding carboxylic acids is 2. The van der Waals surface area contributed by atoms with Gasteiger partial charge in [-0.1, -0.05) is 0 Å². The molecule has 2 atom stereocenters. The number of amides is 2. The van der Waals surface area contributed by atoms with E-state index in [0.29, 0.717) is 13.1 Å². The van der Waals surface area contributed by atoms with Gasteiger partial charge in [0.1, 0.15) is 5.60 Å². The number of nitrogens with two attached hydrogens (primary N) is 1. The molecule has 1 aliphatic heterocycles. The molecule has 3 N–H and O–H groups in total. The normalized spacial score (nSPS) is 21.6. The van der Waals surface area contributed by atoms with Gasteiger partial charge in [-0.2, -0.15) is 0 Å². The fourth-order valence-electron chi connectivity index (χ4n) is 1.70. The number of hydrogen-bond donors (Lipinski definition) is 2. The summed E-state index contributed by atoms with van der Waals surface area (Å²) in [4.78, 5) is 24.8. The summed E-state index contributed by atoms with van der Waals surface area (Å²) in [5, 5.41) is 2.81. The van der Waals surface area contributed by atoms with Crippen LogP contribution in [0.4, 0.5) is 4.79 Å². The van der Waals surface area contributed by atoms with E-state index in [9.17, 15) is 9.59 Å². The average molecular weight is 257 g/mol. The van der Waals surface area contributed by atoms with Crippen molar-refractivity contribution >= 4 is 12.0 Å². The molecule has 0 spiro atoms. The molecule has 1 fully saturated rings. The number of nitrogens with one attached hydrogen (secondary N) is 1. The average Bonchev–Trinajstić information content (AvgIpc) is 2.63. The maximum absolute atomic E-state index is 11.8. The molecule has 1 heterocycles. The molecule has 0 saturated carbocycles. The Kier molecular flexibility index (Phi) is 4.56. The largest absolute Gasteiger partial charge is 0.444 e. The van der Waals surface area contributed by atoms with Gasteiger partial charge in [0.15, 0.2) is 0 Å². The Hall–Kier alpha value is -1.30. The van der Waals surface area contributed by atoms with E-state index in [1.54, 1.807) is 11.8 Å². The topological polar surface area (TPSA) is 84.7 Å². The Labute approximate surface area is 108 Å². The lowest BCUT2D eigenvalue weighted by atomic mass is 10.2. The van der Waals surface area contributed by atoms with Gasteiger partial charge in [-0.05, 0) is 34.1 Å². The van der Waals surface area contributed by atoms with Crippen LogP contribution in [0, 0.1) is 0 Å². The zero-order valence-corrected chi connectivity index (χ0v) is 11.5. The van der Waals surface area contributed by atoms with Gasteiger partial charge in [-0.15, -0.1) is 0 Å². The third kappa shape index (κ3) is 4.52. The Morgan fingerprint density at radius 3 is 2.56 bits per heavy atom. The molecule has 1 saturated heterocycles. The van der Waals surface area contributed by atoms with E-state index < -0.39 is 11.6 Å². The Balaban J connectivity index is 2.42. The first kappa shape index (κ1) is 14.8. The van der Waals surface area contributed by atoms with Crippen LogP contribution in [0.2, 0.25) is 0 Å². The van der Waals surface area contributed by atoms with Gasteiger partial charge in [-0.3, -0.25) is 4.79 Å². The fraction of sp³-hybridized carbons (Fsp3) is 0.833. The molecule has 1 rings (SSSR count). The smallest absolute Gasteiger partial charge is 0.410 e. The number of nitrogens with zero attached hydrogens (tertiary/aromatic N) is 1. The molecular formula is C12H23N3O3. The van der Waals surface area contributed by atoms with Gasteiger partial charge in [0, 0.05) is 19.1 Å². The maximum atomic E-state index is 11.8. The number of rotatable bonds is 2. The molecule has 0 aromatic rings. The van der Waals surface area contributed by atoms with Gasteiger partial charge >= 0.3 is 6.09 Å². The van der Waals surface area contributed by atoms with Gasteiger partial charge in [0.25, 0.3) is 0 Å². The zero-order valence-electron chi connectivity index (χ0n) is 11.5. The van der Waals surface area contributed by atoms with Crippen molar-refractivity contribution in [1.82, 2.24) is 10.2 Å². The molecule has 0 aliphatic carbocycles. The van der Waals surface area contributed by atoms with Crippen LogP contribution in [-0.2, 0) is 9.53 Å². The van der Waals surface area contributed by atoms with Crippen molar-refractivity contribution in [1.29, 1.82) is 0 Å². The van der Waals surface area contributed by atoms with Gasteiger partial charge in [0.2, 0.25) is 5.91 Å². The number of carbonyl (C=O) groups is 2. The number of ether oxygens (including phenoxy) is 1. The molecule has 18 heavy (non-hydrogen) atoms. The van der Waals surface area contributed by atoms with E-state index >= 15 is 0 Å². The number of likely N-dealkylation sites (tertiary alicyclic amines) is 1. The Morgan fingerprint density at radius 2 is 2.06 bits per heavy atom. The van der Waals surface area contributed by atoms with Crippen molar-refractivity contribution in [2.45, 2.75) is 51.8 Å². The molecule has 0 aromatic carbocycles. The molecule has 1 aliphatic rings. The van der Waals surface area contributed by atoms with Crippen LogP contribution < -0.4 is 11.1 Å². The van der Waals surface area contributed by atoms with Crippen molar-refractivity contribution in [3.8, 4) is 0 Å². The second-order valence-corrected chi connectivity index (χ2v) is 5.71. The van der Waals surface area contributed by atoms with Gasteiger partial charge in [-0.25, -0.2) is 4.79 Å². The molecule has 0 radical (unpaired) electrons. The van der Waals surface area contributed by atoms with Gasteiger partial charge < -0.3 is 20.7 Å². The van der Waals surface area contributed by atoms with E-state index in [0.717, 1.165) is 6.42 Å². The first-order valence-electron chi connectivity index (χ1n) is 6.23. The standard InChI is InChI=1S/C12H23N3O3/c1-8(13)10(16)14-9-5-6-15(7-9)11(17)18-12(2,3)4/h8-9H,5-7,13H2,1-4H3,(H,14,16)/t8-,9+/m1/s1. The molecule has 6 nitrogen and oxygen atoms in total. The van der Waals surface area contributed by atoms with Crippen molar-refractivity contribution in [2.75, 3.05) is 13.1 Å². The minimum absolute atomic E-state index is 0.0315. The second kappa shape index (κ2) is 5.56. The van der Waals surface area contributed by atoms with Crippen LogP contribution in [0.5, 0.6) is 0 Å². The lowest BCUT2D eigenvalue weighted by Gasteiger charge is -2.24. The van der Waals surface area contributed by atoms with Crippen LogP contribution in [-0.4, -0.2) is 47.7 Å². The molecule has 0 aromatic heterocycles. The maximum Gasteiger partial charge on any atom is 0.410 e. The highest BCUT2D eigenvalue weighted by molar-refractivity contribution is 5.81. The molecule has 6 heteroatoms. The lowest BCUT2D eigenvalue weighted by Crippen LogP contribution is -2.45. The minimum atomic E-state index is -0.527. The highest BCUT2D eigenvalue weighted by Crippen LogP contribution is 2.15. The Morgan fingerprint density at radius 1 is 1.44 bits per heavy atom. The van der Waals surface area contributed by atoms with Crippen LogP contribution in [0.1, 0.15) is 34.1 Å². The fourth-order valence-corrected chi connectivity index (χ4v) is 1.70. The highest BCUT2D eigenvalue weighted by Gasteiger charge is 2.30. The van der Waals surface area contributed by atoms with E-state index in [1.807, 2.05) is 20.8 Å². The monoisotopic (exact) mass is 257 g/mol. The number of hydrogen-bond acceptors (Lipinski definition) is 4. The van der Waals surface area contributed by atoms with Crippen LogP contribution in [0.25, 0.3) is 0 Å². The second-order valence-electron chi connectivity index (χ2n) is 5.71. The summed E-state index contributed by atoms with van der Waals surface area (Å²) < 4.78 is 5.27. The van der Waals surface area contributed by atoms with E-state index in [1.165, 1.54) is 0 Å². The third-order valence-corrected chi connectivity index (χ3v) is 2.60. The van der Waals surface area contributed by atoms with Crippen LogP contribution in [0.3, 0.4) is 0 Å². The first-order valence-corrected chi connectivity index (χ1v) is 6.23. The summed E-state index contributed by atoms with van der Waals surface area (Å²) in [6, 6.07) is -0.559. The van der Waals surface area contributed by atoms with Gasteiger partial charge in [0.05, 0.1) is 6.04 Å². The summed E-state index contributed by atoms with van der Waals surface area (Å²) in [6.45, 7) is 8.20. The summed E-state index contributed by atoms with van der Waals surface area (Å²) >= 11 is 0.